The molecule has 1 aromatic carbocycles. The molecule has 17 heavy (non-hydrogen) atoms. The number of aromatic nitrogens is 2. The molecule has 2 aromatic rings. The zero-order chi connectivity index (χ0) is 12.3. The summed E-state index contributed by atoms with van der Waals surface area (Å²) >= 11 is 0. The summed E-state index contributed by atoms with van der Waals surface area (Å²) in [5, 5.41) is 0. The molecular formula is C13H15N3O. The molecule has 0 aliphatic carbocycles. The van der Waals surface area contributed by atoms with Gasteiger partial charge < -0.3 is 10.3 Å². The second kappa shape index (κ2) is 4.93. The van der Waals surface area contributed by atoms with Gasteiger partial charge in [-0.3, -0.25) is 4.79 Å². The van der Waals surface area contributed by atoms with Gasteiger partial charge in [0.1, 0.15) is 5.82 Å². The van der Waals surface area contributed by atoms with Gasteiger partial charge in [0.2, 0.25) is 0 Å². The van der Waals surface area contributed by atoms with Crippen molar-refractivity contribution >= 4 is 5.78 Å². The van der Waals surface area contributed by atoms with E-state index in [0.717, 1.165) is 11.4 Å². The summed E-state index contributed by atoms with van der Waals surface area (Å²) in [5.41, 5.74) is 6.97. The first-order valence-electron chi connectivity index (χ1n) is 5.54. The number of nitrogens with zero attached hydrogens (tertiary/aromatic N) is 2. The highest BCUT2D eigenvalue weighted by atomic mass is 16.1. The summed E-state index contributed by atoms with van der Waals surface area (Å²) in [6.07, 6.45) is 3.94. The van der Waals surface area contributed by atoms with Gasteiger partial charge in [-0.2, -0.15) is 0 Å². The molecule has 4 nitrogen and oxygen atoms in total. The molecule has 2 rings (SSSR count). The molecule has 2 N–H and O–H groups in total. The van der Waals surface area contributed by atoms with Crippen LogP contribution >= 0.6 is 0 Å². The van der Waals surface area contributed by atoms with Crippen LogP contribution in [0.2, 0.25) is 0 Å². The lowest BCUT2D eigenvalue weighted by atomic mass is 10.0. The standard InChI is InChI=1S/C13H15N3O/c1-16-9-8-15-13(16)11-5-3-2-4-10(11)12(17)6-7-14/h2-5,8-9H,6-7,14H2,1H3. The Kier molecular flexibility index (Phi) is 3.35. The average Bonchev–Trinajstić information content (AvgIpc) is 2.76. The summed E-state index contributed by atoms with van der Waals surface area (Å²) < 4.78 is 1.90. The second-order valence-corrected chi connectivity index (χ2v) is 3.87. The van der Waals surface area contributed by atoms with Crippen LogP contribution in [0, 0.1) is 0 Å². The Morgan fingerprint density at radius 1 is 1.41 bits per heavy atom. The predicted molar refractivity (Wildman–Crippen MR) is 66.6 cm³/mol. The fraction of sp³-hybridized carbons (Fsp3) is 0.231. The molecule has 0 fully saturated rings. The molecular weight excluding hydrogens is 214 g/mol. The van der Waals surface area contributed by atoms with Crippen LogP contribution in [-0.4, -0.2) is 21.9 Å². The minimum Gasteiger partial charge on any atom is -0.334 e. The highest BCUT2D eigenvalue weighted by Gasteiger charge is 2.13. The van der Waals surface area contributed by atoms with Crippen molar-refractivity contribution in [3.63, 3.8) is 0 Å². The van der Waals surface area contributed by atoms with Gasteiger partial charge in [0.15, 0.2) is 5.78 Å². The molecule has 0 atom stereocenters. The largest absolute Gasteiger partial charge is 0.334 e. The van der Waals surface area contributed by atoms with Crippen LogP contribution in [0.4, 0.5) is 0 Å². The van der Waals surface area contributed by atoms with E-state index in [0.29, 0.717) is 18.5 Å². The number of hydrogen-bond donors (Lipinski definition) is 1. The molecule has 0 radical (unpaired) electrons. The van der Waals surface area contributed by atoms with Crippen LogP contribution < -0.4 is 5.73 Å². The van der Waals surface area contributed by atoms with E-state index >= 15 is 0 Å². The number of Topliss-reactive ketones (excluding diaryl/α,β-unsaturated/α-hetero) is 1. The lowest BCUT2D eigenvalue weighted by Gasteiger charge is -2.07. The molecule has 4 heteroatoms. The fourth-order valence-electron chi connectivity index (χ4n) is 1.81. The summed E-state index contributed by atoms with van der Waals surface area (Å²) in [5.74, 6) is 0.858. The molecule has 1 aromatic heterocycles. The first-order valence-corrected chi connectivity index (χ1v) is 5.54. The smallest absolute Gasteiger partial charge is 0.164 e. The van der Waals surface area contributed by atoms with Gasteiger partial charge in [0.05, 0.1) is 0 Å². The van der Waals surface area contributed by atoms with Crippen LogP contribution in [0.1, 0.15) is 16.8 Å². The molecule has 0 bridgehead atoms. The highest BCUT2D eigenvalue weighted by Crippen LogP contribution is 2.22. The van der Waals surface area contributed by atoms with Crippen molar-refractivity contribution in [3.05, 3.63) is 42.2 Å². The molecule has 0 amide bonds. The molecule has 0 spiro atoms. The average molecular weight is 229 g/mol. The van der Waals surface area contributed by atoms with Gasteiger partial charge in [-0.15, -0.1) is 0 Å². The van der Waals surface area contributed by atoms with Crippen molar-refractivity contribution in [3.8, 4) is 11.4 Å². The van der Waals surface area contributed by atoms with Crippen LogP contribution in [0.3, 0.4) is 0 Å². The van der Waals surface area contributed by atoms with E-state index in [1.165, 1.54) is 0 Å². The molecule has 0 saturated heterocycles. The predicted octanol–water partition coefficient (Wildman–Crippen LogP) is 1.62. The van der Waals surface area contributed by atoms with Crippen molar-refractivity contribution in [1.29, 1.82) is 0 Å². The fourth-order valence-corrected chi connectivity index (χ4v) is 1.81. The van der Waals surface area contributed by atoms with Gasteiger partial charge in [-0.1, -0.05) is 24.3 Å². The molecule has 0 saturated carbocycles. The third-order valence-electron chi connectivity index (χ3n) is 2.66. The van der Waals surface area contributed by atoms with Crippen LogP contribution in [0.25, 0.3) is 11.4 Å². The Labute approximate surface area is 100 Å². The van der Waals surface area contributed by atoms with Crippen molar-refractivity contribution in [2.45, 2.75) is 6.42 Å². The zero-order valence-electron chi connectivity index (χ0n) is 9.76. The SMILES string of the molecule is Cn1ccnc1-c1ccccc1C(=O)CCN. The maximum Gasteiger partial charge on any atom is 0.164 e. The van der Waals surface area contributed by atoms with E-state index in [9.17, 15) is 4.79 Å². The minimum atomic E-state index is 0.0612. The van der Waals surface area contributed by atoms with Gasteiger partial charge in [0.25, 0.3) is 0 Å². The number of benzene rings is 1. The molecule has 0 aliphatic rings. The molecule has 1 heterocycles. The molecule has 0 aliphatic heterocycles. The Balaban J connectivity index is 2.48. The van der Waals surface area contributed by atoms with E-state index in [1.807, 2.05) is 42.1 Å². The lowest BCUT2D eigenvalue weighted by molar-refractivity contribution is 0.0986. The zero-order valence-corrected chi connectivity index (χ0v) is 9.76. The number of aryl methyl sites for hydroxylation is 1. The summed E-state index contributed by atoms with van der Waals surface area (Å²) in [7, 11) is 1.91. The van der Waals surface area contributed by atoms with Gasteiger partial charge >= 0.3 is 0 Å². The van der Waals surface area contributed by atoms with Crippen LogP contribution in [-0.2, 0) is 7.05 Å². The quantitative estimate of drug-likeness (QED) is 0.810. The van der Waals surface area contributed by atoms with E-state index in [2.05, 4.69) is 4.98 Å². The lowest BCUT2D eigenvalue weighted by Crippen LogP contribution is -2.09. The molecule has 0 unspecified atom stereocenters. The second-order valence-electron chi connectivity index (χ2n) is 3.87. The summed E-state index contributed by atoms with van der Waals surface area (Å²) in [4.78, 5) is 16.2. The number of rotatable bonds is 4. The molecule has 88 valence electrons. The summed E-state index contributed by atoms with van der Waals surface area (Å²) in [6.45, 7) is 0.369. The Hall–Kier alpha value is -1.94. The number of carbonyl (C=O) groups excluding carboxylic acids is 1. The minimum absolute atomic E-state index is 0.0612. The van der Waals surface area contributed by atoms with E-state index < -0.39 is 0 Å². The first kappa shape index (κ1) is 11.5. The Bertz CT molecular complexity index is 531. The van der Waals surface area contributed by atoms with Gasteiger partial charge in [-0.05, 0) is 6.54 Å². The Morgan fingerprint density at radius 3 is 2.82 bits per heavy atom. The van der Waals surface area contributed by atoms with E-state index in [4.69, 9.17) is 5.73 Å². The number of ketones is 1. The van der Waals surface area contributed by atoms with Gasteiger partial charge in [0, 0.05) is 37.0 Å². The maximum absolute atomic E-state index is 12.0. The topological polar surface area (TPSA) is 60.9 Å². The third-order valence-corrected chi connectivity index (χ3v) is 2.66. The van der Waals surface area contributed by atoms with Crippen molar-refractivity contribution < 1.29 is 4.79 Å². The number of nitrogens with two attached hydrogens (primary N) is 1. The van der Waals surface area contributed by atoms with Crippen molar-refractivity contribution in [1.82, 2.24) is 9.55 Å². The third kappa shape index (κ3) is 2.26. The van der Waals surface area contributed by atoms with Crippen LogP contribution in [0.15, 0.2) is 36.7 Å². The summed E-state index contributed by atoms with van der Waals surface area (Å²) in [6, 6.07) is 7.49. The number of hydrogen-bond acceptors (Lipinski definition) is 3. The van der Waals surface area contributed by atoms with Crippen molar-refractivity contribution in [2.24, 2.45) is 12.8 Å². The number of carbonyl (C=O) groups is 1. The monoisotopic (exact) mass is 229 g/mol. The normalized spacial score (nSPS) is 10.5. The van der Waals surface area contributed by atoms with E-state index in [-0.39, 0.29) is 5.78 Å². The van der Waals surface area contributed by atoms with Crippen molar-refractivity contribution in [2.75, 3.05) is 6.54 Å². The Morgan fingerprint density at radius 2 is 2.18 bits per heavy atom. The highest BCUT2D eigenvalue weighted by molar-refractivity contribution is 6.01. The van der Waals surface area contributed by atoms with Crippen LogP contribution in [0.5, 0.6) is 0 Å². The maximum atomic E-state index is 12.0. The first-order chi connectivity index (χ1) is 8.24. The van der Waals surface area contributed by atoms with E-state index in [1.54, 1.807) is 6.20 Å². The van der Waals surface area contributed by atoms with Gasteiger partial charge in [-0.25, -0.2) is 4.98 Å². The number of imidazole rings is 1.